The second kappa shape index (κ2) is 13.9. The summed E-state index contributed by atoms with van der Waals surface area (Å²) >= 11 is 0. The van der Waals surface area contributed by atoms with Crippen LogP contribution in [0.2, 0.25) is 0 Å². The summed E-state index contributed by atoms with van der Waals surface area (Å²) in [5.41, 5.74) is 8.05. The molecule has 0 bridgehead atoms. The Balaban J connectivity index is 0.000000178. The summed E-state index contributed by atoms with van der Waals surface area (Å²) in [5, 5.41) is 20.1. The van der Waals surface area contributed by atoms with E-state index in [2.05, 4.69) is 36.3 Å². The monoisotopic (exact) mass is 520 g/mol. The number of hydrogen-bond donors (Lipinski definition) is 2. The Bertz CT molecular complexity index is 1660. The second-order valence-corrected chi connectivity index (χ2v) is 7.91. The van der Waals surface area contributed by atoms with Crippen molar-refractivity contribution in [3.05, 3.63) is 144 Å². The average Bonchev–Trinajstić information content (AvgIpc) is 3.35. The lowest BCUT2D eigenvalue weighted by Crippen LogP contribution is -2.12. The minimum atomic E-state index is 0.435. The number of aromatic nitrogens is 2. The number of allylic oxidation sites excluding steroid dienone is 3. The van der Waals surface area contributed by atoms with Gasteiger partial charge in [0.2, 0.25) is 0 Å². The number of benzene rings is 2. The van der Waals surface area contributed by atoms with Gasteiger partial charge < -0.3 is 11.1 Å². The van der Waals surface area contributed by atoms with Gasteiger partial charge in [-0.05, 0) is 36.4 Å². The van der Waals surface area contributed by atoms with E-state index >= 15 is 0 Å². The number of nitrogens with one attached hydrogen (secondary N) is 1. The number of nitriles is 2. The third kappa shape index (κ3) is 7.37. The fourth-order valence-corrected chi connectivity index (χ4v) is 3.39. The van der Waals surface area contributed by atoms with Crippen molar-refractivity contribution in [3.63, 3.8) is 0 Å². The Labute approximate surface area is 231 Å². The maximum Gasteiger partial charge on any atom is 0.276 e. The van der Waals surface area contributed by atoms with Crippen LogP contribution in [0.1, 0.15) is 22.3 Å². The fourth-order valence-electron chi connectivity index (χ4n) is 3.39. The lowest BCUT2D eigenvalue weighted by molar-refractivity contribution is 1.23. The van der Waals surface area contributed by atoms with Crippen LogP contribution in [0.3, 0.4) is 0 Å². The first-order valence-corrected chi connectivity index (χ1v) is 12.0. The first kappa shape index (κ1) is 26.8. The third-order valence-electron chi connectivity index (χ3n) is 5.22. The van der Waals surface area contributed by atoms with E-state index in [0.29, 0.717) is 28.6 Å². The van der Waals surface area contributed by atoms with Gasteiger partial charge in [-0.2, -0.15) is 15.5 Å². The zero-order valence-electron chi connectivity index (χ0n) is 21.2. The van der Waals surface area contributed by atoms with Gasteiger partial charge in [-0.1, -0.05) is 48.5 Å². The molecule has 3 N–H and O–H groups in total. The number of amidine groups is 2. The van der Waals surface area contributed by atoms with Gasteiger partial charge >= 0.3 is 0 Å². The highest BCUT2D eigenvalue weighted by Crippen LogP contribution is 2.22. The molecule has 6 rings (SSSR count). The standard InChI is InChI=1S/C18H13N5.C8H4N2.C5H5N2/c1-2-8-14-13(7-1)17(21-15-9-3-5-11-19-15)23-18(14)22-16-10-4-6-12-20-16;9-5-7-3-1-2-4-8(7)6-10;6-5-3-1-2-4-7-5/h1-12H,(H,19,20,21,22,23);1-4H;1-2,4H,(H2,6,7)/q;;+1. The lowest BCUT2D eigenvalue weighted by Gasteiger charge is -2.05. The molecule has 9 nitrogen and oxygen atoms in total. The molecule has 2 aromatic heterocycles. The van der Waals surface area contributed by atoms with Crippen LogP contribution in [0.4, 0.5) is 11.6 Å². The predicted molar refractivity (Wildman–Crippen MR) is 156 cm³/mol. The largest absolute Gasteiger partial charge is 0.358 e. The van der Waals surface area contributed by atoms with Crippen LogP contribution in [0, 0.1) is 28.7 Å². The van der Waals surface area contributed by atoms with Crippen molar-refractivity contribution in [3.8, 4) is 12.1 Å². The van der Waals surface area contributed by atoms with Gasteiger partial charge in [-0.15, -0.1) is 0 Å². The van der Waals surface area contributed by atoms with Crippen molar-refractivity contribution in [2.75, 3.05) is 5.32 Å². The highest BCUT2D eigenvalue weighted by Gasteiger charge is 2.21. The van der Waals surface area contributed by atoms with Crippen molar-refractivity contribution in [1.29, 1.82) is 10.5 Å². The number of anilines is 1. The van der Waals surface area contributed by atoms with Gasteiger partial charge in [-0.3, -0.25) is 0 Å². The molecule has 4 aromatic rings. The van der Waals surface area contributed by atoms with Crippen LogP contribution in [0.5, 0.6) is 0 Å². The molecule has 4 heterocycles. The Hall–Kier alpha value is -6.28. The highest BCUT2D eigenvalue weighted by molar-refractivity contribution is 6.26. The molecule has 0 unspecified atom stereocenters. The molecular weight excluding hydrogens is 498 g/mol. The van der Waals surface area contributed by atoms with E-state index in [1.165, 1.54) is 0 Å². The predicted octanol–water partition coefficient (Wildman–Crippen LogP) is 5.09. The second-order valence-electron chi connectivity index (χ2n) is 7.91. The van der Waals surface area contributed by atoms with Crippen molar-refractivity contribution in [2.45, 2.75) is 0 Å². The molecule has 0 radical (unpaired) electrons. The number of nitrogens with zero attached hydrogens (tertiary/aromatic N) is 7. The Morgan fingerprint density at radius 3 is 1.98 bits per heavy atom. The van der Waals surface area contributed by atoms with Gasteiger partial charge in [0.1, 0.15) is 36.1 Å². The van der Waals surface area contributed by atoms with E-state index in [0.717, 1.165) is 22.8 Å². The molecule has 2 aromatic carbocycles. The summed E-state index contributed by atoms with van der Waals surface area (Å²) in [5.74, 6) is 3.23. The van der Waals surface area contributed by atoms with Gasteiger partial charge in [0.15, 0.2) is 17.7 Å². The van der Waals surface area contributed by atoms with E-state index < -0.39 is 0 Å². The van der Waals surface area contributed by atoms with Crippen molar-refractivity contribution in [1.82, 2.24) is 9.97 Å². The molecule has 0 aliphatic carbocycles. The fraction of sp³-hybridized carbons (Fsp3) is 0. The normalized spacial score (nSPS) is 13.0. The zero-order chi connectivity index (χ0) is 28.0. The van der Waals surface area contributed by atoms with Crippen molar-refractivity contribution < 1.29 is 0 Å². The number of pyridine rings is 2. The van der Waals surface area contributed by atoms with Crippen LogP contribution in [-0.4, -0.2) is 27.9 Å². The molecule has 40 heavy (non-hydrogen) atoms. The first-order chi connectivity index (χ1) is 19.7. The Kier molecular flexibility index (Phi) is 9.28. The highest BCUT2D eigenvalue weighted by atomic mass is 15.1. The van der Waals surface area contributed by atoms with E-state index in [9.17, 15) is 0 Å². The summed E-state index contributed by atoms with van der Waals surface area (Å²) in [6.45, 7) is 0. The van der Waals surface area contributed by atoms with Crippen LogP contribution < -0.4 is 11.1 Å². The molecule has 2 aliphatic heterocycles. The maximum atomic E-state index is 8.45. The van der Waals surface area contributed by atoms with Crippen LogP contribution in [0.25, 0.3) is 0 Å². The number of nitrogens with two attached hydrogens (primary N) is 1. The summed E-state index contributed by atoms with van der Waals surface area (Å²) in [6, 6.07) is 29.9. The third-order valence-corrected chi connectivity index (χ3v) is 5.22. The minimum Gasteiger partial charge on any atom is -0.358 e. The van der Waals surface area contributed by atoms with Crippen LogP contribution >= 0.6 is 0 Å². The zero-order valence-corrected chi connectivity index (χ0v) is 21.2. The molecule has 0 saturated heterocycles. The molecule has 190 valence electrons. The molecule has 0 saturated carbocycles. The lowest BCUT2D eigenvalue weighted by atomic mass is 10.1. The Morgan fingerprint density at radius 2 is 1.43 bits per heavy atom. The van der Waals surface area contributed by atoms with Crippen LogP contribution in [-0.2, 0) is 0 Å². The molecule has 0 amide bonds. The van der Waals surface area contributed by atoms with E-state index in [4.69, 9.17) is 16.3 Å². The molecule has 9 heteroatoms. The van der Waals surface area contributed by atoms with Crippen molar-refractivity contribution in [2.24, 2.45) is 20.7 Å². The SMILES string of the molecule is N#Cc1ccccc1C#N.NC1=[C+]C=CC=N1.c1ccc(N=C2N=C(Nc3ccccn3)c3ccccc32)nc1. The van der Waals surface area contributed by atoms with Crippen molar-refractivity contribution >= 4 is 29.5 Å². The number of rotatable bonds is 2. The summed E-state index contributed by atoms with van der Waals surface area (Å²) in [6.07, 6.45) is 11.3. The smallest absolute Gasteiger partial charge is 0.276 e. The Morgan fingerprint density at radius 1 is 0.775 bits per heavy atom. The molecule has 0 atom stereocenters. The number of aliphatic imine (C=N–C) groups is 3. The topological polar surface area (TPSA) is 148 Å². The number of hydrogen-bond acceptors (Lipinski definition) is 8. The van der Waals surface area contributed by atoms with Gasteiger partial charge in [-0.25, -0.2) is 20.0 Å². The molecule has 0 fully saturated rings. The van der Waals surface area contributed by atoms with Gasteiger partial charge in [0.05, 0.1) is 17.2 Å². The summed E-state index contributed by atoms with van der Waals surface area (Å²) in [7, 11) is 0. The van der Waals surface area contributed by atoms with E-state index in [1.54, 1.807) is 55.0 Å². The quantitative estimate of drug-likeness (QED) is 0.352. The molecular formula is C31H22N9+. The van der Waals surface area contributed by atoms with E-state index in [1.807, 2.05) is 72.8 Å². The van der Waals surface area contributed by atoms with Gasteiger partial charge in [0, 0.05) is 23.5 Å². The van der Waals surface area contributed by atoms with Crippen LogP contribution in [0.15, 0.2) is 130 Å². The average molecular weight is 521 g/mol. The summed E-state index contributed by atoms with van der Waals surface area (Å²) < 4.78 is 0. The summed E-state index contributed by atoms with van der Waals surface area (Å²) in [4.78, 5) is 21.4. The number of fused-ring (bicyclic) bond motifs is 1. The molecule has 2 aliphatic rings. The minimum absolute atomic E-state index is 0.435. The maximum absolute atomic E-state index is 8.45. The van der Waals surface area contributed by atoms with Gasteiger partial charge in [0.25, 0.3) is 5.82 Å². The first-order valence-electron chi connectivity index (χ1n) is 12.0. The molecule has 0 spiro atoms. The van der Waals surface area contributed by atoms with E-state index in [-0.39, 0.29) is 0 Å².